The Hall–Kier alpha value is -2.40. The van der Waals surface area contributed by atoms with Crippen LogP contribution in [0.3, 0.4) is 0 Å². The summed E-state index contributed by atoms with van der Waals surface area (Å²) in [6.07, 6.45) is 0.883. The Kier molecular flexibility index (Phi) is 6.53. The molecule has 0 aliphatic rings. The molecule has 2 N–H and O–H groups in total. The van der Waals surface area contributed by atoms with Gasteiger partial charge in [-0.2, -0.15) is 0 Å². The van der Waals surface area contributed by atoms with Crippen molar-refractivity contribution in [1.82, 2.24) is 0 Å². The summed E-state index contributed by atoms with van der Waals surface area (Å²) in [6, 6.07) is 8.69. The molecule has 2 aromatic carbocycles. The van der Waals surface area contributed by atoms with Crippen molar-refractivity contribution in [2.45, 2.75) is 26.8 Å². The van der Waals surface area contributed by atoms with Crippen molar-refractivity contribution in [1.29, 1.82) is 0 Å². The van der Waals surface area contributed by atoms with Crippen molar-refractivity contribution in [2.75, 3.05) is 19.0 Å². The van der Waals surface area contributed by atoms with E-state index in [1.165, 1.54) is 0 Å². The van der Waals surface area contributed by atoms with E-state index in [4.69, 9.17) is 26.2 Å². The molecule has 0 unspecified atom stereocenters. The Balaban J connectivity index is 2.15. The maximum Gasteiger partial charge on any atom is 0.335 e. The average Bonchev–Trinajstić information content (AvgIpc) is 2.59. The number of carboxylic acids is 1. The molecular weight excluding hydrogens is 342 g/mol. The van der Waals surface area contributed by atoms with Crippen molar-refractivity contribution < 1.29 is 19.4 Å². The second kappa shape index (κ2) is 8.62. The van der Waals surface area contributed by atoms with Gasteiger partial charge >= 0.3 is 5.97 Å². The molecular formula is C19H22ClNO4. The number of nitrogens with one attached hydrogen (secondary N) is 1. The number of hydrogen-bond donors (Lipinski definition) is 2. The van der Waals surface area contributed by atoms with E-state index in [-0.39, 0.29) is 5.56 Å². The minimum Gasteiger partial charge on any atom is -0.493 e. The number of benzene rings is 2. The second-order valence-corrected chi connectivity index (χ2v) is 6.05. The Morgan fingerprint density at radius 3 is 2.64 bits per heavy atom. The number of aryl methyl sites for hydroxylation is 1. The van der Waals surface area contributed by atoms with Crippen LogP contribution in [0.5, 0.6) is 11.5 Å². The van der Waals surface area contributed by atoms with Gasteiger partial charge in [0.25, 0.3) is 0 Å². The average molecular weight is 364 g/mol. The molecule has 0 spiro atoms. The molecule has 2 aromatic rings. The molecule has 0 bridgehead atoms. The zero-order valence-electron chi connectivity index (χ0n) is 14.6. The number of ether oxygens (including phenoxy) is 2. The Morgan fingerprint density at radius 1 is 1.28 bits per heavy atom. The zero-order valence-corrected chi connectivity index (χ0v) is 15.3. The van der Waals surface area contributed by atoms with Crippen molar-refractivity contribution in [3.05, 3.63) is 52.0 Å². The quantitative estimate of drug-likeness (QED) is 0.708. The number of carboxylic acid groups (broad SMARTS) is 1. The lowest BCUT2D eigenvalue weighted by molar-refractivity contribution is 0.0697. The largest absolute Gasteiger partial charge is 0.493 e. The summed E-state index contributed by atoms with van der Waals surface area (Å²) in [5.41, 5.74) is 2.94. The first-order valence-electron chi connectivity index (χ1n) is 8.03. The van der Waals surface area contributed by atoms with Crippen LogP contribution >= 0.6 is 11.6 Å². The van der Waals surface area contributed by atoms with Crippen LogP contribution in [0.25, 0.3) is 0 Å². The standard InChI is InChI=1S/C19H22ClNO4/c1-4-7-25-18-15(20)9-13(10-17(18)24-3)11-21-16-6-5-14(19(22)23)8-12(16)2/h5-6,8-10,21H,4,7,11H2,1-3H3,(H,22,23). The maximum atomic E-state index is 11.0. The van der Waals surface area contributed by atoms with Gasteiger partial charge in [0.05, 0.1) is 24.3 Å². The molecule has 0 atom stereocenters. The molecule has 0 saturated heterocycles. The number of rotatable bonds is 8. The van der Waals surface area contributed by atoms with E-state index in [0.717, 1.165) is 23.2 Å². The van der Waals surface area contributed by atoms with E-state index in [2.05, 4.69) is 5.32 Å². The first-order valence-corrected chi connectivity index (χ1v) is 8.41. The second-order valence-electron chi connectivity index (χ2n) is 5.65. The van der Waals surface area contributed by atoms with Crippen LogP contribution in [0.2, 0.25) is 5.02 Å². The molecule has 0 amide bonds. The topological polar surface area (TPSA) is 67.8 Å². The van der Waals surface area contributed by atoms with E-state index in [1.807, 2.05) is 26.0 Å². The highest BCUT2D eigenvalue weighted by molar-refractivity contribution is 6.32. The van der Waals surface area contributed by atoms with Gasteiger partial charge in [-0.1, -0.05) is 18.5 Å². The Bertz CT molecular complexity index is 761. The van der Waals surface area contributed by atoms with Crippen LogP contribution in [0, 0.1) is 6.92 Å². The first kappa shape index (κ1) is 18.9. The summed E-state index contributed by atoms with van der Waals surface area (Å²) in [4.78, 5) is 11.0. The van der Waals surface area contributed by atoms with Crippen LogP contribution in [-0.2, 0) is 6.54 Å². The highest BCUT2D eigenvalue weighted by Gasteiger charge is 2.12. The van der Waals surface area contributed by atoms with Gasteiger partial charge in [0.15, 0.2) is 11.5 Å². The zero-order chi connectivity index (χ0) is 18.4. The van der Waals surface area contributed by atoms with E-state index in [1.54, 1.807) is 25.3 Å². The van der Waals surface area contributed by atoms with Crippen LogP contribution in [0.1, 0.15) is 34.8 Å². The summed E-state index contributed by atoms with van der Waals surface area (Å²) in [6.45, 7) is 4.99. The molecule has 134 valence electrons. The third-order valence-corrected chi connectivity index (χ3v) is 3.98. The summed E-state index contributed by atoms with van der Waals surface area (Å²) >= 11 is 6.32. The van der Waals surface area contributed by atoms with Crippen LogP contribution in [0.15, 0.2) is 30.3 Å². The van der Waals surface area contributed by atoms with Crippen molar-refractivity contribution in [2.24, 2.45) is 0 Å². The fourth-order valence-electron chi connectivity index (χ4n) is 2.41. The normalized spacial score (nSPS) is 10.4. The van der Waals surface area contributed by atoms with Gasteiger partial charge < -0.3 is 19.9 Å². The molecule has 6 heteroatoms. The van der Waals surface area contributed by atoms with Crippen molar-refractivity contribution in [3.63, 3.8) is 0 Å². The Morgan fingerprint density at radius 2 is 2.04 bits per heavy atom. The van der Waals surface area contributed by atoms with Gasteiger partial charge in [-0.25, -0.2) is 4.79 Å². The van der Waals surface area contributed by atoms with Crippen molar-refractivity contribution in [3.8, 4) is 11.5 Å². The van der Waals surface area contributed by atoms with Crippen LogP contribution in [-0.4, -0.2) is 24.8 Å². The molecule has 0 aliphatic heterocycles. The summed E-state index contributed by atoms with van der Waals surface area (Å²) in [5, 5.41) is 12.8. The number of hydrogen-bond acceptors (Lipinski definition) is 4. The molecule has 0 aliphatic carbocycles. The molecule has 2 rings (SSSR count). The highest BCUT2D eigenvalue weighted by Crippen LogP contribution is 2.36. The number of carbonyl (C=O) groups is 1. The molecule has 0 radical (unpaired) electrons. The maximum absolute atomic E-state index is 11.0. The van der Waals surface area contributed by atoms with Crippen LogP contribution < -0.4 is 14.8 Å². The number of aromatic carboxylic acids is 1. The minimum absolute atomic E-state index is 0.269. The predicted molar refractivity (Wildman–Crippen MR) is 99.3 cm³/mol. The van der Waals surface area contributed by atoms with E-state index in [9.17, 15) is 4.79 Å². The van der Waals surface area contributed by atoms with Gasteiger partial charge in [0, 0.05) is 12.2 Å². The highest BCUT2D eigenvalue weighted by atomic mass is 35.5. The molecule has 5 nitrogen and oxygen atoms in total. The molecule has 0 heterocycles. The molecule has 0 aromatic heterocycles. The van der Waals surface area contributed by atoms with E-state index in [0.29, 0.717) is 29.7 Å². The fraction of sp³-hybridized carbons (Fsp3) is 0.316. The lowest BCUT2D eigenvalue weighted by Crippen LogP contribution is -2.04. The van der Waals surface area contributed by atoms with Gasteiger partial charge in [0.1, 0.15) is 0 Å². The SMILES string of the molecule is CCCOc1c(Cl)cc(CNc2ccc(C(=O)O)cc2C)cc1OC. The molecule has 0 saturated carbocycles. The molecule has 25 heavy (non-hydrogen) atoms. The lowest BCUT2D eigenvalue weighted by atomic mass is 10.1. The number of anilines is 1. The van der Waals surface area contributed by atoms with Gasteiger partial charge in [-0.05, 0) is 54.8 Å². The number of halogens is 1. The fourth-order valence-corrected chi connectivity index (χ4v) is 2.70. The predicted octanol–water partition coefficient (Wildman–Crippen LogP) is 4.76. The third-order valence-electron chi connectivity index (χ3n) is 3.70. The Labute approximate surface area is 152 Å². The third kappa shape index (κ3) is 4.79. The van der Waals surface area contributed by atoms with E-state index < -0.39 is 5.97 Å². The van der Waals surface area contributed by atoms with Gasteiger partial charge in [0.2, 0.25) is 0 Å². The monoisotopic (exact) mass is 363 g/mol. The first-order chi connectivity index (χ1) is 12.0. The molecule has 0 fully saturated rings. The van der Waals surface area contributed by atoms with Crippen LogP contribution in [0.4, 0.5) is 5.69 Å². The van der Waals surface area contributed by atoms with Crippen molar-refractivity contribution >= 4 is 23.3 Å². The van der Waals surface area contributed by atoms with Gasteiger partial charge in [-0.3, -0.25) is 0 Å². The smallest absolute Gasteiger partial charge is 0.335 e. The summed E-state index contributed by atoms with van der Waals surface area (Å²) in [5.74, 6) is 0.210. The number of methoxy groups -OCH3 is 1. The van der Waals surface area contributed by atoms with E-state index >= 15 is 0 Å². The summed E-state index contributed by atoms with van der Waals surface area (Å²) < 4.78 is 11.0. The minimum atomic E-state index is -0.936. The lowest BCUT2D eigenvalue weighted by Gasteiger charge is -2.15. The summed E-state index contributed by atoms with van der Waals surface area (Å²) in [7, 11) is 1.58. The van der Waals surface area contributed by atoms with Gasteiger partial charge in [-0.15, -0.1) is 0 Å².